The molecule has 1 aliphatic heterocycles. The topological polar surface area (TPSA) is 66.5 Å². The molecule has 5 aliphatic rings. The number of allylic oxidation sites excluding steroid dienone is 2. The number of anilines is 1. The lowest BCUT2D eigenvalue weighted by Gasteiger charge is -2.37. The Balaban J connectivity index is 1.33. The van der Waals surface area contributed by atoms with Crippen LogP contribution < -0.4 is 5.32 Å². The van der Waals surface area contributed by atoms with Crippen molar-refractivity contribution in [2.24, 2.45) is 35.5 Å². The minimum Gasteiger partial charge on any atom is -0.324 e. The maximum atomic E-state index is 12.9. The smallest absolute Gasteiger partial charge is 0.244 e. The Labute approximate surface area is 152 Å². The van der Waals surface area contributed by atoms with Crippen LogP contribution in [-0.4, -0.2) is 29.2 Å². The number of carbonyl (C=O) groups is 3. The van der Waals surface area contributed by atoms with Crippen molar-refractivity contribution in [1.29, 1.82) is 0 Å². The molecule has 134 valence electrons. The van der Waals surface area contributed by atoms with Gasteiger partial charge in [0.25, 0.3) is 0 Å². The van der Waals surface area contributed by atoms with Crippen LogP contribution >= 0.6 is 0 Å². The molecule has 1 N–H and O–H groups in total. The Morgan fingerprint density at radius 1 is 1.08 bits per heavy atom. The van der Waals surface area contributed by atoms with E-state index in [4.69, 9.17) is 0 Å². The third-order valence-electron chi connectivity index (χ3n) is 6.73. The zero-order chi connectivity index (χ0) is 18.0. The predicted octanol–water partition coefficient (Wildman–Crippen LogP) is 2.24. The van der Waals surface area contributed by atoms with Gasteiger partial charge < -0.3 is 5.32 Å². The highest BCUT2D eigenvalue weighted by atomic mass is 16.2. The summed E-state index contributed by atoms with van der Waals surface area (Å²) in [6, 6.07) is 7.61. The van der Waals surface area contributed by atoms with Crippen LogP contribution in [0.3, 0.4) is 0 Å². The molecule has 26 heavy (non-hydrogen) atoms. The van der Waals surface area contributed by atoms with Gasteiger partial charge in [-0.2, -0.15) is 0 Å². The Morgan fingerprint density at radius 2 is 1.69 bits per heavy atom. The lowest BCUT2D eigenvalue weighted by Crippen LogP contribution is -2.40. The standard InChI is InChI=1S/C21H22N2O3/c1-2-11-5-3-4-6-16(11)22-17(24)10-23-20(25)18-12-7-8-13(15-9-14(12)15)19(18)21(23)26/h3-8,12-15,18-19H,2,9-10H2,1H3,(H,22,24)/t12-,13-,14-,15-,18-,19+/m0/s1. The molecule has 0 unspecified atom stereocenters. The van der Waals surface area contributed by atoms with E-state index in [0.717, 1.165) is 24.1 Å². The number of nitrogens with one attached hydrogen (secondary N) is 1. The SMILES string of the molecule is CCc1ccccc1NC(=O)CN1C(=O)[C@@H]2[C@H]3C=C[C@@H]([C@@H]4C[C@@H]34)[C@@H]2C1=O. The summed E-state index contributed by atoms with van der Waals surface area (Å²) >= 11 is 0. The number of rotatable bonds is 4. The summed E-state index contributed by atoms with van der Waals surface area (Å²) in [4.78, 5) is 39.5. The zero-order valence-electron chi connectivity index (χ0n) is 14.7. The van der Waals surface area contributed by atoms with Gasteiger partial charge in [-0.3, -0.25) is 19.3 Å². The van der Waals surface area contributed by atoms with E-state index in [9.17, 15) is 14.4 Å². The van der Waals surface area contributed by atoms with Crippen molar-refractivity contribution in [1.82, 2.24) is 4.90 Å². The molecule has 2 bridgehead atoms. The number of aryl methyl sites for hydroxylation is 1. The van der Waals surface area contributed by atoms with Crippen LogP contribution in [0, 0.1) is 35.5 Å². The lowest BCUT2D eigenvalue weighted by atomic mass is 9.63. The number of carbonyl (C=O) groups excluding carboxylic acids is 3. The van der Waals surface area contributed by atoms with Gasteiger partial charge in [0.1, 0.15) is 6.54 Å². The second-order valence-corrected chi connectivity index (χ2v) is 7.98. The van der Waals surface area contributed by atoms with E-state index in [1.807, 2.05) is 31.2 Å². The molecule has 0 radical (unpaired) electrons. The van der Waals surface area contributed by atoms with Crippen LogP contribution in [0.15, 0.2) is 36.4 Å². The van der Waals surface area contributed by atoms with Crippen LogP contribution in [0.25, 0.3) is 0 Å². The van der Waals surface area contributed by atoms with E-state index in [1.165, 1.54) is 4.90 Å². The maximum absolute atomic E-state index is 12.9. The van der Waals surface area contributed by atoms with Gasteiger partial charge >= 0.3 is 0 Å². The number of imide groups is 1. The lowest BCUT2D eigenvalue weighted by molar-refractivity contribution is -0.142. The van der Waals surface area contributed by atoms with Crippen molar-refractivity contribution in [2.75, 3.05) is 11.9 Å². The largest absolute Gasteiger partial charge is 0.324 e. The Kier molecular flexibility index (Phi) is 3.36. The van der Waals surface area contributed by atoms with Gasteiger partial charge in [-0.05, 0) is 48.1 Å². The van der Waals surface area contributed by atoms with E-state index < -0.39 is 0 Å². The summed E-state index contributed by atoms with van der Waals surface area (Å²) in [5.74, 6) is 0.458. The molecule has 6 rings (SSSR count). The highest BCUT2D eigenvalue weighted by Gasteiger charge is 2.67. The number of amides is 3. The Bertz CT molecular complexity index is 809. The van der Waals surface area contributed by atoms with Crippen LogP contribution in [-0.2, 0) is 20.8 Å². The molecule has 3 fully saturated rings. The third-order valence-corrected chi connectivity index (χ3v) is 6.73. The summed E-state index contributed by atoms with van der Waals surface area (Å²) in [6.07, 6.45) is 6.24. The number of hydrogen-bond donors (Lipinski definition) is 1. The van der Waals surface area contributed by atoms with Crippen molar-refractivity contribution < 1.29 is 14.4 Å². The van der Waals surface area contributed by atoms with Gasteiger partial charge in [0.15, 0.2) is 0 Å². The van der Waals surface area contributed by atoms with Gasteiger partial charge in [-0.15, -0.1) is 0 Å². The van der Waals surface area contributed by atoms with Gasteiger partial charge in [0, 0.05) is 5.69 Å². The Morgan fingerprint density at radius 3 is 2.31 bits per heavy atom. The minimum absolute atomic E-state index is 0.149. The fourth-order valence-corrected chi connectivity index (χ4v) is 5.46. The molecule has 1 aromatic rings. The van der Waals surface area contributed by atoms with Gasteiger partial charge in [-0.25, -0.2) is 0 Å². The predicted molar refractivity (Wildman–Crippen MR) is 95.9 cm³/mol. The molecule has 5 heteroatoms. The highest BCUT2D eigenvalue weighted by Crippen LogP contribution is 2.65. The molecule has 5 nitrogen and oxygen atoms in total. The molecule has 0 aromatic heterocycles. The average Bonchev–Trinajstić information content (AvgIpc) is 3.43. The van der Waals surface area contributed by atoms with E-state index in [-0.39, 0.29) is 47.9 Å². The van der Waals surface area contributed by atoms with E-state index >= 15 is 0 Å². The number of para-hydroxylation sites is 1. The fourth-order valence-electron chi connectivity index (χ4n) is 5.46. The highest BCUT2D eigenvalue weighted by molar-refractivity contribution is 6.09. The molecule has 0 spiro atoms. The van der Waals surface area contributed by atoms with Crippen molar-refractivity contribution >= 4 is 23.4 Å². The zero-order valence-corrected chi connectivity index (χ0v) is 14.7. The van der Waals surface area contributed by atoms with Gasteiger partial charge in [0.05, 0.1) is 11.8 Å². The summed E-state index contributed by atoms with van der Waals surface area (Å²) in [5.41, 5.74) is 1.79. The molecule has 2 saturated carbocycles. The first-order valence-electron chi connectivity index (χ1n) is 9.51. The molecule has 1 saturated heterocycles. The normalized spacial score (nSPS) is 36.1. The maximum Gasteiger partial charge on any atom is 0.244 e. The number of hydrogen-bond acceptors (Lipinski definition) is 3. The first kappa shape index (κ1) is 15.8. The van der Waals surface area contributed by atoms with E-state index in [0.29, 0.717) is 11.8 Å². The molecular formula is C21H22N2O3. The van der Waals surface area contributed by atoms with E-state index in [1.54, 1.807) is 0 Å². The van der Waals surface area contributed by atoms with Crippen molar-refractivity contribution in [3.05, 3.63) is 42.0 Å². The summed E-state index contributed by atoms with van der Waals surface area (Å²) in [7, 11) is 0. The van der Waals surface area contributed by atoms with Crippen LogP contribution in [0.1, 0.15) is 18.9 Å². The quantitative estimate of drug-likeness (QED) is 0.669. The molecule has 1 aromatic carbocycles. The summed E-state index contributed by atoms with van der Waals surface area (Å²) in [5, 5.41) is 2.87. The summed E-state index contributed by atoms with van der Waals surface area (Å²) < 4.78 is 0. The van der Waals surface area contributed by atoms with Crippen LogP contribution in [0.2, 0.25) is 0 Å². The number of nitrogens with zero attached hydrogens (tertiary/aromatic N) is 1. The second kappa shape index (κ2) is 5.53. The third kappa shape index (κ3) is 2.12. The molecular weight excluding hydrogens is 328 g/mol. The fraction of sp³-hybridized carbons (Fsp3) is 0.476. The van der Waals surface area contributed by atoms with Gasteiger partial charge in [0.2, 0.25) is 17.7 Å². The molecule has 1 heterocycles. The van der Waals surface area contributed by atoms with Crippen molar-refractivity contribution in [3.8, 4) is 0 Å². The van der Waals surface area contributed by atoms with E-state index in [2.05, 4.69) is 17.5 Å². The first-order valence-corrected chi connectivity index (χ1v) is 9.51. The van der Waals surface area contributed by atoms with Gasteiger partial charge in [-0.1, -0.05) is 37.3 Å². The van der Waals surface area contributed by atoms with Crippen molar-refractivity contribution in [3.63, 3.8) is 0 Å². The first-order chi connectivity index (χ1) is 12.6. The Hall–Kier alpha value is -2.43. The monoisotopic (exact) mass is 350 g/mol. The van der Waals surface area contributed by atoms with Crippen LogP contribution in [0.5, 0.6) is 0 Å². The number of likely N-dealkylation sites (tertiary alicyclic amines) is 1. The van der Waals surface area contributed by atoms with Crippen LogP contribution in [0.4, 0.5) is 5.69 Å². The molecule has 4 aliphatic carbocycles. The number of benzene rings is 1. The minimum atomic E-state index is -0.309. The second-order valence-electron chi connectivity index (χ2n) is 7.98. The molecule has 3 amide bonds. The molecule has 6 atom stereocenters. The average molecular weight is 350 g/mol. The summed E-state index contributed by atoms with van der Waals surface area (Å²) in [6.45, 7) is 1.84. The van der Waals surface area contributed by atoms with Crippen molar-refractivity contribution in [2.45, 2.75) is 19.8 Å².